The third kappa shape index (κ3) is 5.31. The maximum atomic E-state index is 12.5. The molecule has 5 nitrogen and oxygen atoms in total. The number of hydrogen-bond donors (Lipinski definition) is 3. The van der Waals surface area contributed by atoms with Crippen LogP contribution in [0.3, 0.4) is 0 Å². The molecule has 0 saturated heterocycles. The zero-order chi connectivity index (χ0) is 19.1. The molecule has 3 aromatic rings. The lowest BCUT2D eigenvalue weighted by Gasteiger charge is -2.17. The number of carbonyl (C=O) groups excluding carboxylic acids is 1. The Balaban J connectivity index is 1.64. The van der Waals surface area contributed by atoms with Gasteiger partial charge >= 0.3 is 6.09 Å². The zero-order valence-electron chi connectivity index (χ0n) is 14.9. The molecule has 0 aromatic heterocycles. The van der Waals surface area contributed by atoms with Gasteiger partial charge in [-0.15, -0.1) is 0 Å². The van der Waals surface area contributed by atoms with Crippen LogP contribution < -0.4 is 10.6 Å². The highest BCUT2D eigenvalue weighted by molar-refractivity contribution is 5.86. The standard InChI is InChI=1S/C22H22N2O3/c25-21(23-13-12-16-6-2-1-3-7-16)20(24-22(26)27)15-17-10-11-18-8-4-5-9-19(18)14-17/h1-11,14,20,24H,12-13,15H2,(H,23,25)(H,26,27)/t20-/m1/s1. The van der Waals surface area contributed by atoms with E-state index >= 15 is 0 Å². The van der Waals surface area contributed by atoms with Gasteiger partial charge in [-0.2, -0.15) is 0 Å². The lowest BCUT2D eigenvalue weighted by Crippen LogP contribution is -2.48. The Morgan fingerprint density at radius 2 is 1.56 bits per heavy atom. The van der Waals surface area contributed by atoms with E-state index in [1.165, 1.54) is 0 Å². The summed E-state index contributed by atoms with van der Waals surface area (Å²) < 4.78 is 0. The number of amides is 2. The highest BCUT2D eigenvalue weighted by atomic mass is 16.4. The van der Waals surface area contributed by atoms with Crippen molar-refractivity contribution in [2.75, 3.05) is 6.54 Å². The highest BCUT2D eigenvalue weighted by Crippen LogP contribution is 2.16. The Morgan fingerprint density at radius 3 is 2.30 bits per heavy atom. The second-order valence-electron chi connectivity index (χ2n) is 6.41. The first-order valence-electron chi connectivity index (χ1n) is 8.90. The molecule has 3 aromatic carbocycles. The largest absolute Gasteiger partial charge is 0.465 e. The number of benzene rings is 3. The Morgan fingerprint density at radius 1 is 0.852 bits per heavy atom. The third-order valence-corrected chi connectivity index (χ3v) is 4.42. The summed E-state index contributed by atoms with van der Waals surface area (Å²) in [5, 5.41) is 16.4. The molecule has 0 aliphatic rings. The van der Waals surface area contributed by atoms with E-state index in [0.717, 1.165) is 21.9 Å². The van der Waals surface area contributed by atoms with Crippen molar-refractivity contribution in [1.29, 1.82) is 0 Å². The lowest BCUT2D eigenvalue weighted by atomic mass is 10.0. The van der Waals surface area contributed by atoms with E-state index in [1.54, 1.807) is 0 Å². The average molecular weight is 362 g/mol. The van der Waals surface area contributed by atoms with Crippen LogP contribution in [0.15, 0.2) is 72.8 Å². The molecule has 2 amide bonds. The van der Waals surface area contributed by atoms with Crippen LogP contribution in [0.2, 0.25) is 0 Å². The van der Waals surface area contributed by atoms with E-state index in [9.17, 15) is 9.59 Å². The van der Waals surface area contributed by atoms with E-state index in [2.05, 4.69) is 10.6 Å². The van der Waals surface area contributed by atoms with Crippen LogP contribution in [0, 0.1) is 0 Å². The first kappa shape index (κ1) is 18.5. The van der Waals surface area contributed by atoms with Gasteiger partial charge in [-0.1, -0.05) is 72.8 Å². The first-order valence-corrected chi connectivity index (χ1v) is 8.90. The Hall–Kier alpha value is -3.34. The second kappa shape index (κ2) is 8.85. The van der Waals surface area contributed by atoms with E-state index in [0.29, 0.717) is 19.4 Å². The van der Waals surface area contributed by atoms with Crippen LogP contribution in [0.4, 0.5) is 4.79 Å². The molecular formula is C22H22N2O3. The van der Waals surface area contributed by atoms with Crippen molar-refractivity contribution in [1.82, 2.24) is 10.6 Å². The van der Waals surface area contributed by atoms with E-state index in [-0.39, 0.29) is 5.91 Å². The van der Waals surface area contributed by atoms with Crippen molar-refractivity contribution in [3.63, 3.8) is 0 Å². The number of rotatable bonds is 7. The molecule has 27 heavy (non-hydrogen) atoms. The highest BCUT2D eigenvalue weighted by Gasteiger charge is 2.20. The fourth-order valence-corrected chi connectivity index (χ4v) is 3.06. The van der Waals surface area contributed by atoms with Crippen molar-refractivity contribution >= 4 is 22.8 Å². The fraction of sp³-hybridized carbons (Fsp3) is 0.182. The van der Waals surface area contributed by atoms with Crippen molar-refractivity contribution in [2.24, 2.45) is 0 Å². The second-order valence-corrected chi connectivity index (χ2v) is 6.41. The van der Waals surface area contributed by atoms with Gasteiger partial charge in [-0.05, 0) is 28.3 Å². The minimum absolute atomic E-state index is 0.300. The van der Waals surface area contributed by atoms with E-state index < -0.39 is 12.1 Å². The molecule has 3 N–H and O–H groups in total. The van der Waals surface area contributed by atoms with Gasteiger partial charge in [0.05, 0.1) is 0 Å². The van der Waals surface area contributed by atoms with Crippen LogP contribution in [-0.2, 0) is 17.6 Å². The van der Waals surface area contributed by atoms with Crippen molar-refractivity contribution in [3.05, 3.63) is 83.9 Å². The maximum Gasteiger partial charge on any atom is 0.405 e. The molecule has 0 radical (unpaired) electrons. The molecule has 0 aliphatic heterocycles. The number of hydrogen-bond acceptors (Lipinski definition) is 2. The Labute approximate surface area is 158 Å². The summed E-state index contributed by atoms with van der Waals surface area (Å²) in [7, 11) is 0. The third-order valence-electron chi connectivity index (χ3n) is 4.42. The summed E-state index contributed by atoms with van der Waals surface area (Å²) >= 11 is 0. The quantitative estimate of drug-likeness (QED) is 0.603. The summed E-state index contributed by atoms with van der Waals surface area (Å²) in [5.74, 6) is -0.318. The summed E-state index contributed by atoms with van der Waals surface area (Å²) in [6.45, 7) is 0.457. The van der Waals surface area contributed by atoms with Gasteiger partial charge in [0.25, 0.3) is 0 Å². The molecule has 0 aliphatic carbocycles. The summed E-state index contributed by atoms with van der Waals surface area (Å²) in [6, 6.07) is 22.8. The predicted molar refractivity (Wildman–Crippen MR) is 106 cm³/mol. The molecule has 0 spiro atoms. The van der Waals surface area contributed by atoms with Gasteiger partial charge in [0.2, 0.25) is 5.91 Å². The van der Waals surface area contributed by atoms with Gasteiger partial charge in [0, 0.05) is 13.0 Å². The van der Waals surface area contributed by atoms with E-state index in [4.69, 9.17) is 5.11 Å². The number of nitrogens with one attached hydrogen (secondary N) is 2. The topological polar surface area (TPSA) is 78.4 Å². The van der Waals surface area contributed by atoms with E-state index in [1.807, 2.05) is 72.8 Å². The van der Waals surface area contributed by atoms with Crippen molar-refractivity contribution < 1.29 is 14.7 Å². The Kier molecular flexibility index (Phi) is 6.05. The molecule has 3 rings (SSSR count). The monoisotopic (exact) mass is 362 g/mol. The van der Waals surface area contributed by atoms with Gasteiger partial charge in [0.15, 0.2) is 0 Å². The lowest BCUT2D eigenvalue weighted by molar-refractivity contribution is -0.123. The normalized spacial score (nSPS) is 11.7. The summed E-state index contributed by atoms with van der Waals surface area (Å²) in [5.41, 5.74) is 2.03. The number of carboxylic acid groups (broad SMARTS) is 1. The summed E-state index contributed by atoms with van der Waals surface area (Å²) in [4.78, 5) is 23.6. The molecule has 138 valence electrons. The van der Waals surface area contributed by atoms with Crippen molar-refractivity contribution in [2.45, 2.75) is 18.9 Å². The molecule has 0 saturated carbocycles. The van der Waals surface area contributed by atoms with Crippen LogP contribution in [0.25, 0.3) is 10.8 Å². The molecule has 0 heterocycles. The minimum Gasteiger partial charge on any atom is -0.465 e. The zero-order valence-corrected chi connectivity index (χ0v) is 14.9. The minimum atomic E-state index is -1.21. The molecule has 1 atom stereocenters. The molecule has 0 bridgehead atoms. The average Bonchev–Trinajstić information content (AvgIpc) is 2.68. The van der Waals surface area contributed by atoms with Crippen LogP contribution in [0.1, 0.15) is 11.1 Å². The van der Waals surface area contributed by atoms with Gasteiger partial charge in [0.1, 0.15) is 6.04 Å². The molecule has 0 unspecified atom stereocenters. The van der Waals surface area contributed by atoms with Gasteiger partial charge < -0.3 is 15.7 Å². The first-order chi connectivity index (χ1) is 13.1. The predicted octanol–water partition coefficient (Wildman–Crippen LogP) is 3.38. The van der Waals surface area contributed by atoms with Crippen molar-refractivity contribution in [3.8, 4) is 0 Å². The molecule has 5 heteroatoms. The molecule has 0 fully saturated rings. The molecular weight excluding hydrogens is 340 g/mol. The van der Waals surface area contributed by atoms with Gasteiger partial charge in [-0.3, -0.25) is 4.79 Å². The van der Waals surface area contributed by atoms with Crippen LogP contribution >= 0.6 is 0 Å². The number of carbonyl (C=O) groups is 2. The van der Waals surface area contributed by atoms with Gasteiger partial charge in [-0.25, -0.2) is 4.79 Å². The number of fused-ring (bicyclic) bond motifs is 1. The Bertz CT molecular complexity index is 925. The maximum absolute atomic E-state index is 12.5. The van der Waals surface area contributed by atoms with Crippen LogP contribution in [-0.4, -0.2) is 29.7 Å². The smallest absolute Gasteiger partial charge is 0.405 e. The SMILES string of the molecule is O=C(O)N[C@H](Cc1ccc2ccccc2c1)C(=O)NCCc1ccccc1. The fourth-order valence-electron chi connectivity index (χ4n) is 3.06. The van der Waals surface area contributed by atoms with Crippen LogP contribution in [0.5, 0.6) is 0 Å². The summed E-state index contributed by atoms with van der Waals surface area (Å²) in [6.07, 6.45) is -0.213.